The predicted octanol–water partition coefficient (Wildman–Crippen LogP) is 4.33. The number of carbonyl (C=O) groups excluding carboxylic acids is 1. The summed E-state index contributed by atoms with van der Waals surface area (Å²) < 4.78 is 42.9. The second-order valence-electron chi connectivity index (χ2n) is 4.60. The number of esters is 1. The SMILES string of the molecule is CCCCOC(=O)C(CCCC)C(C)C(F)(F)F. The van der Waals surface area contributed by atoms with E-state index in [0.717, 1.165) is 19.8 Å². The molecule has 2 unspecified atom stereocenters. The summed E-state index contributed by atoms with van der Waals surface area (Å²) in [5.41, 5.74) is 0. The first kappa shape index (κ1) is 17.3. The van der Waals surface area contributed by atoms with Crippen LogP contribution in [0.3, 0.4) is 0 Å². The quantitative estimate of drug-likeness (QED) is 0.483. The summed E-state index contributed by atoms with van der Waals surface area (Å²) in [6, 6.07) is 0. The largest absolute Gasteiger partial charge is 0.465 e. The molecule has 0 aliphatic heterocycles. The first-order chi connectivity index (χ1) is 8.34. The van der Waals surface area contributed by atoms with Gasteiger partial charge in [0.25, 0.3) is 0 Å². The molecule has 0 aromatic heterocycles. The summed E-state index contributed by atoms with van der Waals surface area (Å²) in [6.45, 7) is 5.09. The van der Waals surface area contributed by atoms with E-state index in [1.54, 1.807) is 0 Å². The van der Waals surface area contributed by atoms with Crippen LogP contribution in [-0.2, 0) is 9.53 Å². The third-order valence-corrected chi connectivity index (χ3v) is 3.03. The summed E-state index contributed by atoms with van der Waals surface area (Å²) in [7, 11) is 0. The van der Waals surface area contributed by atoms with Crippen LogP contribution in [0.1, 0.15) is 52.9 Å². The fourth-order valence-corrected chi connectivity index (χ4v) is 1.65. The summed E-state index contributed by atoms with van der Waals surface area (Å²) in [6.07, 6.45) is -1.20. The van der Waals surface area contributed by atoms with Gasteiger partial charge in [0.1, 0.15) is 0 Å². The van der Waals surface area contributed by atoms with Crippen molar-refractivity contribution in [1.82, 2.24) is 0 Å². The molecule has 0 aromatic carbocycles. The second kappa shape index (κ2) is 8.38. The molecule has 108 valence electrons. The highest BCUT2D eigenvalue weighted by Crippen LogP contribution is 2.34. The predicted molar refractivity (Wildman–Crippen MR) is 64.1 cm³/mol. The Bertz CT molecular complexity index is 239. The van der Waals surface area contributed by atoms with Gasteiger partial charge in [-0.1, -0.05) is 40.0 Å². The third kappa shape index (κ3) is 6.26. The summed E-state index contributed by atoms with van der Waals surface area (Å²) >= 11 is 0. The van der Waals surface area contributed by atoms with Crippen LogP contribution in [0.15, 0.2) is 0 Å². The van der Waals surface area contributed by atoms with Crippen molar-refractivity contribution in [2.24, 2.45) is 11.8 Å². The van der Waals surface area contributed by atoms with Crippen LogP contribution in [0.2, 0.25) is 0 Å². The van der Waals surface area contributed by atoms with E-state index < -0.39 is 24.0 Å². The highest BCUT2D eigenvalue weighted by atomic mass is 19.4. The zero-order valence-corrected chi connectivity index (χ0v) is 11.3. The van der Waals surface area contributed by atoms with E-state index in [1.807, 2.05) is 13.8 Å². The average Bonchev–Trinajstić information content (AvgIpc) is 2.28. The Hall–Kier alpha value is -0.740. The molecule has 0 rings (SSSR count). The van der Waals surface area contributed by atoms with E-state index in [9.17, 15) is 18.0 Å². The molecular formula is C13H23F3O2. The topological polar surface area (TPSA) is 26.3 Å². The van der Waals surface area contributed by atoms with Crippen molar-refractivity contribution in [3.8, 4) is 0 Å². The zero-order valence-electron chi connectivity index (χ0n) is 11.3. The minimum atomic E-state index is -4.35. The number of hydrogen-bond donors (Lipinski definition) is 0. The molecule has 0 spiro atoms. The van der Waals surface area contributed by atoms with Crippen molar-refractivity contribution in [3.05, 3.63) is 0 Å². The highest BCUT2D eigenvalue weighted by Gasteiger charge is 2.44. The third-order valence-electron chi connectivity index (χ3n) is 3.03. The Morgan fingerprint density at radius 3 is 2.17 bits per heavy atom. The van der Waals surface area contributed by atoms with Crippen molar-refractivity contribution in [2.75, 3.05) is 6.61 Å². The summed E-state index contributed by atoms with van der Waals surface area (Å²) in [5.74, 6) is -3.42. The van der Waals surface area contributed by atoms with E-state index >= 15 is 0 Å². The van der Waals surface area contributed by atoms with Crippen LogP contribution in [0, 0.1) is 11.8 Å². The summed E-state index contributed by atoms with van der Waals surface area (Å²) in [4.78, 5) is 11.7. The molecule has 18 heavy (non-hydrogen) atoms. The molecular weight excluding hydrogens is 245 g/mol. The van der Waals surface area contributed by atoms with Crippen LogP contribution >= 0.6 is 0 Å². The number of alkyl halides is 3. The molecule has 0 aliphatic carbocycles. The van der Waals surface area contributed by atoms with Crippen LogP contribution in [0.5, 0.6) is 0 Å². The van der Waals surface area contributed by atoms with Gasteiger partial charge in [0.2, 0.25) is 0 Å². The van der Waals surface area contributed by atoms with E-state index in [1.165, 1.54) is 0 Å². The van der Waals surface area contributed by atoms with Gasteiger partial charge in [-0.05, 0) is 12.8 Å². The van der Waals surface area contributed by atoms with Gasteiger partial charge in [0.15, 0.2) is 0 Å². The molecule has 0 fully saturated rings. The number of ether oxygens (including phenoxy) is 1. The van der Waals surface area contributed by atoms with Gasteiger partial charge in [-0.2, -0.15) is 13.2 Å². The Labute approximate surface area is 107 Å². The van der Waals surface area contributed by atoms with Crippen LogP contribution in [0.25, 0.3) is 0 Å². The number of hydrogen-bond acceptors (Lipinski definition) is 2. The lowest BCUT2D eigenvalue weighted by Gasteiger charge is -2.24. The number of unbranched alkanes of at least 4 members (excludes halogenated alkanes) is 2. The molecule has 5 heteroatoms. The first-order valence-electron chi connectivity index (χ1n) is 6.57. The number of halogens is 3. The van der Waals surface area contributed by atoms with E-state index in [0.29, 0.717) is 12.8 Å². The van der Waals surface area contributed by atoms with Crippen LogP contribution in [0.4, 0.5) is 13.2 Å². The molecule has 0 amide bonds. The number of carbonyl (C=O) groups is 1. The van der Waals surface area contributed by atoms with Gasteiger partial charge >= 0.3 is 12.1 Å². The number of rotatable bonds is 8. The molecule has 0 bridgehead atoms. The molecule has 0 N–H and O–H groups in total. The molecule has 0 saturated heterocycles. The van der Waals surface area contributed by atoms with Gasteiger partial charge < -0.3 is 4.74 Å². The summed E-state index contributed by atoms with van der Waals surface area (Å²) in [5, 5.41) is 0. The van der Waals surface area contributed by atoms with Gasteiger partial charge in [0, 0.05) is 0 Å². The van der Waals surface area contributed by atoms with Crippen molar-refractivity contribution >= 4 is 5.97 Å². The molecule has 0 saturated carbocycles. The van der Waals surface area contributed by atoms with Crippen molar-refractivity contribution in [1.29, 1.82) is 0 Å². The van der Waals surface area contributed by atoms with Crippen molar-refractivity contribution in [2.45, 2.75) is 59.1 Å². The molecule has 0 heterocycles. The lowest BCUT2D eigenvalue weighted by atomic mass is 9.89. The Morgan fingerprint density at radius 1 is 1.17 bits per heavy atom. The smallest absolute Gasteiger partial charge is 0.392 e. The average molecular weight is 268 g/mol. The standard InChI is InChI=1S/C13H23F3O2/c1-4-6-8-11(10(3)13(14,15)16)12(17)18-9-7-5-2/h10-11H,4-9H2,1-3H3. The van der Waals surface area contributed by atoms with E-state index in [2.05, 4.69) is 0 Å². The minimum Gasteiger partial charge on any atom is -0.465 e. The fraction of sp³-hybridized carbons (Fsp3) is 0.923. The second-order valence-corrected chi connectivity index (χ2v) is 4.60. The molecule has 0 aliphatic rings. The highest BCUT2D eigenvalue weighted by molar-refractivity contribution is 5.72. The van der Waals surface area contributed by atoms with E-state index in [-0.39, 0.29) is 13.0 Å². The monoisotopic (exact) mass is 268 g/mol. The zero-order chi connectivity index (χ0) is 14.2. The Morgan fingerprint density at radius 2 is 1.72 bits per heavy atom. The van der Waals surface area contributed by atoms with E-state index in [4.69, 9.17) is 4.74 Å². The normalized spacial score (nSPS) is 15.2. The Balaban J connectivity index is 4.51. The van der Waals surface area contributed by atoms with Crippen LogP contribution in [-0.4, -0.2) is 18.8 Å². The molecule has 0 radical (unpaired) electrons. The first-order valence-corrected chi connectivity index (χ1v) is 6.57. The minimum absolute atomic E-state index is 0.211. The molecule has 2 atom stereocenters. The van der Waals surface area contributed by atoms with Gasteiger partial charge in [0.05, 0.1) is 18.4 Å². The fourth-order valence-electron chi connectivity index (χ4n) is 1.65. The van der Waals surface area contributed by atoms with Crippen molar-refractivity contribution < 1.29 is 22.7 Å². The van der Waals surface area contributed by atoms with Crippen molar-refractivity contribution in [3.63, 3.8) is 0 Å². The van der Waals surface area contributed by atoms with Crippen LogP contribution < -0.4 is 0 Å². The van der Waals surface area contributed by atoms with Gasteiger partial charge in [-0.25, -0.2) is 0 Å². The maximum absolute atomic E-state index is 12.7. The maximum Gasteiger partial charge on any atom is 0.392 e. The van der Waals surface area contributed by atoms with Gasteiger partial charge in [-0.15, -0.1) is 0 Å². The lowest BCUT2D eigenvalue weighted by molar-refractivity contribution is -0.195. The Kier molecular flexibility index (Phi) is 8.03. The van der Waals surface area contributed by atoms with Gasteiger partial charge in [-0.3, -0.25) is 4.79 Å². The lowest BCUT2D eigenvalue weighted by Crippen LogP contribution is -2.34. The molecule has 0 aromatic rings. The molecule has 2 nitrogen and oxygen atoms in total. The maximum atomic E-state index is 12.7.